The molecule has 31 heavy (non-hydrogen) atoms. The van der Waals surface area contributed by atoms with E-state index in [9.17, 15) is 23.1 Å². The topological polar surface area (TPSA) is 122 Å². The van der Waals surface area contributed by atoms with Gasteiger partial charge in [0.1, 0.15) is 12.4 Å². The highest BCUT2D eigenvalue weighted by atomic mass is 32.1. The molecular formula is C19H28F3N5O3S. The van der Waals surface area contributed by atoms with Crippen LogP contribution < -0.4 is 16.4 Å². The molecule has 2 atom stereocenters. The van der Waals surface area contributed by atoms with E-state index in [1.54, 1.807) is 0 Å². The minimum atomic E-state index is -4.35. The van der Waals surface area contributed by atoms with Gasteiger partial charge in [-0.15, -0.1) is 0 Å². The average molecular weight is 464 g/mol. The molecule has 174 valence electrons. The van der Waals surface area contributed by atoms with Gasteiger partial charge in [-0.25, -0.2) is 4.98 Å². The minimum absolute atomic E-state index is 0.0456. The molecule has 1 aromatic rings. The highest BCUT2D eigenvalue weighted by Crippen LogP contribution is 2.36. The van der Waals surface area contributed by atoms with Crippen LogP contribution in [-0.4, -0.2) is 56.9 Å². The monoisotopic (exact) mass is 463 g/mol. The fourth-order valence-corrected chi connectivity index (χ4v) is 4.36. The van der Waals surface area contributed by atoms with Gasteiger partial charge in [-0.1, -0.05) is 0 Å². The van der Waals surface area contributed by atoms with Crippen LogP contribution >= 0.6 is 12.6 Å². The van der Waals surface area contributed by atoms with Crippen LogP contribution in [0.4, 0.5) is 24.9 Å². The van der Waals surface area contributed by atoms with Crippen molar-refractivity contribution in [2.75, 3.05) is 17.2 Å². The summed E-state index contributed by atoms with van der Waals surface area (Å²) in [6.07, 6.45) is 0.817. The van der Waals surface area contributed by atoms with Crippen molar-refractivity contribution >= 4 is 30.3 Å². The summed E-state index contributed by atoms with van der Waals surface area (Å²) in [6, 6.07) is -0.0456. The van der Waals surface area contributed by atoms with Crippen molar-refractivity contribution in [2.24, 2.45) is 5.73 Å². The summed E-state index contributed by atoms with van der Waals surface area (Å²) in [5.41, 5.74) is 5.59. The van der Waals surface area contributed by atoms with Gasteiger partial charge in [0.05, 0.1) is 22.6 Å². The fraction of sp³-hybridized carbons (Fsp3) is 0.737. The third kappa shape index (κ3) is 7.11. The summed E-state index contributed by atoms with van der Waals surface area (Å²) in [5, 5.41) is 16.2. The minimum Gasteiger partial charge on any atom is -0.393 e. The van der Waals surface area contributed by atoms with Gasteiger partial charge in [0.15, 0.2) is 0 Å². The number of carbonyl (C=O) groups is 1. The molecule has 2 saturated carbocycles. The van der Waals surface area contributed by atoms with Crippen LogP contribution in [0.2, 0.25) is 0 Å². The molecule has 12 heteroatoms. The standard InChI is InChI=1S/C19H28F3N5O3S/c20-19(21,22)10-30-13-4-6-18(31,7-5-13)27-17-24-9-14(15(23)29)16(26-17)25-11-2-1-3-12(28)8-11/h9,11-13,28,31H,1-8,10H2,(H2,23,29)(H2,24,25,26,27)/t11-,12+,13-,18+/m1/s1. The second kappa shape index (κ2) is 9.78. The number of amides is 1. The maximum Gasteiger partial charge on any atom is 0.411 e. The molecule has 5 N–H and O–H groups in total. The summed E-state index contributed by atoms with van der Waals surface area (Å²) in [7, 11) is 0. The van der Waals surface area contributed by atoms with E-state index < -0.39 is 35.8 Å². The average Bonchev–Trinajstić information content (AvgIpc) is 2.67. The molecule has 0 spiro atoms. The van der Waals surface area contributed by atoms with E-state index in [1.807, 2.05) is 0 Å². The number of nitrogens with zero attached hydrogens (tertiary/aromatic N) is 2. The van der Waals surface area contributed by atoms with E-state index in [-0.39, 0.29) is 23.4 Å². The van der Waals surface area contributed by atoms with Crippen molar-refractivity contribution in [2.45, 2.75) is 80.7 Å². The van der Waals surface area contributed by atoms with Crippen molar-refractivity contribution < 1.29 is 27.8 Å². The van der Waals surface area contributed by atoms with Gasteiger partial charge >= 0.3 is 6.18 Å². The van der Waals surface area contributed by atoms with Crippen LogP contribution in [0.1, 0.15) is 61.7 Å². The number of ether oxygens (including phenoxy) is 1. The molecule has 0 aliphatic heterocycles. The number of rotatable bonds is 7. The Morgan fingerprint density at radius 2 is 2.03 bits per heavy atom. The number of alkyl halides is 3. The molecule has 0 radical (unpaired) electrons. The lowest BCUT2D eigenvalue weighted by molar-refractivity contribution is -0.188. The van der Waals surface area contributed by atoms with Gasteiger partial charge < -0.3 is 26.2 Å². The van der Waals surface area contributed by atoms with Crippen molar-refractivity contribution in [3.05, 3.63) is 11.8 Å². The van der Waals surface area contributed by atoms with Gasteiger partial charge in [0, 0.05) is 12.2 Å². The van der Waals surface area contributed by atoms with Crippen LogP contribution in [0, 0.1) is 0 Å². The number of nitrogens with two attached hydrogens (primary N) is 1. The third-order valence-corrected chi connectivity index (χ3v) is 6.19. The first-order valence-corrected chi connectivity index (χ1v) is 10.8. The van der Waals surface area contributed by atoms with E-state index in [4.69, 9.17) is 10.5 Å². The smallest absolute Gasteiger partial charge is 0.393 e. The second-order valence-electron chi connectivity index (χ2n) is 8.26. The van der Waals surface area contributed by atoms with Gasteiger partial charge in [0.25, 0.3) is 5.91 Å². The largest absolute Gasteiger partial charge is 0.411 e. The van der Waals surface area contributed by atoms with E-state index in [0.717, 1.165) is 19.3 Å². The Labute approximate surface area is 183 Å². The number of aliphatic hydroxyl groups is 1. The lowest BCUT2D eigenvalue weighted by Crippen LogP contribution is -2.40. The first-order chi connectivity index (χ1) is 14.5. The molecule has 1 aromatic heterocycles. The fourth-order valence-electron chi connectivity index (χ4n) is 4.00. The number of hydrogen-bond donors (Lipinski definition) is 5. The highest BCUT2D eigenvalue weighted by molar-refractivity contribution is 7.82. The van der Waals surface area contributed by atoms with Crippen molar-refractivity contribution in [3.8, 4) is 0 Å². The van der Waals surface area contributed by atoms with Gasteiger partial charge in [-0.3, -0.25) is 4.79 Å². The van der Waals surface area contributed by atoms with E-state index in [2.05, 4.69) is 33.2 Å². The van der Waals surface area contributed by atoms with E-state index >= 15 is 0 Å². The van der Waals surface area contributed by atoms with E-state index in [0.29, 0.717) is 32.1 Å². The maximum atomic E-state index is 12.3. The van der Waals surface area contributed by atoms with Gasteiger partial charge in [-0.05, 0) is 51.4 Å². The Kier molecular flexibility index (Phi) is 7.53. The first-order valence-electron chi connectivity index (χ1n) is 10.3. The molecule has 8 nitrogen and oxygen atoms in total. The zero-order valence-corrected chi connectivity index (χ0v) is 17.9. The predicted molar refractivity (Wildman–Crippen MR) is 112 cm³/mol. The number of aromatic nitrogens is 2. The molecule has 2 aliphatic rings. The lowest BCUT2D eigenvalue weighted by atomic mass is 9.92. The Bertz CT molecular complexity index is 775. The van der Waals surface area contributed by atoms with Crippen LogP contribution in [0.25, 0.3) is 0 Å². The number of halogens is 3. The maximum absolute atomic E-state index is 12.3. The Morgan fingerprint density at radius 3 is 2.65 bits per heavy atom. The molecule has 3 rings (SSSR count). The van der Waals surface area contributed by atoms with Crippen molar-refractivity contribution in [1.29, 1.82) is 0 Å². The third-order valence-electron chi connectivity index (χ3n) is 5.63. The van der Waals surface area contributed by atoms with Crippen molar-refractivity contribution in [3.63, 3.8) is 0 Å². The second-order valence-corrected chi connectivity index (χ2v) is 9.12. The number of anilines is 2. The molecule has 0 bridgehead atoms. The van der Waals surface area contributed by atoms with Crippen LogP contribution in [0.15, 0.2) is 6.20 Å². The normalized spacial score (nSPS) is 29.4. The summed E-state index contributed by atoms with van der Waals surface area (Å²) < 4.78 is 42.0. The Hall–Kier alpha value is -1.79. The summed E-state index contributed by atoms with van der Waals surface area (Å²) in [4.78, 5) is 19.6. The zero-order chi connectivity index (χ0) is 22.6. The number of hydrogen-bond acceptors (Lipinski definition) is 8. The molecule has 1 amide bonds. The molecule has 2 fully saturated rings. The number of aliphatic hydroxyl groups excluding tert-OH is 1. The number of nitrogens with one attached hydrogen (secondary N) is 2. The highest BCUT2D eigenvalue weighted by Gasteiger charge is 2.36. The molecule has 0 aromatic carbocycles. The Morgan fingerprint density at radius 1 is 1.32 bits per heavy atom. The predicted octanol–water partition coefficient (Wildman–Crippen LogP) is 2.85. The molecular weight excluding hydrogens is 435 g/mol. The van der Waals surface area contributed by atoms with E-state index in [1.165, 1.54) is 6.20 Å². The zero-order valence-electron chi connectivity index (χ0n) is 17.0. The van der Waals surface area contributed by atoms with Crippen LogP contribution in [0.3, 0.4) is 0 Å². The molecule has 0 unspecified atom stereocenters. The lowest BCUT2D eigenvalue weighted by Gasteiger charge is -2.37. The number of primary amides is 1. The van der Waals surface area contributed by atoms with Gasteiger partial charge in [-0.2, -0.15) is 30.8 Å². The van der Waals surface area contributed by atoms with Crippen molar-refractivity contribution in [1.82, 2.24) is 9.97 Å². The number of thiol groups is 1. The van der Waals surface area contributed by atoms with Gasteiger partial charge in [0.2, 0.25) is 5.95 Å². The summed E-state index contributed by atoms with van der Waals surface area (Å²) >= 11 is 4.66. The molecule has 0 saturated heterocycles. The van der Waals surface area contributed by atoms with Crippen LogP contribution in [-0.2, 0) is 4.74 Å². The number of carbonyl (C=O) groups excluding carboxylic acids is 1. The SMILES string of the molecule is NC(=O)c1cnc(N[C@]2(S)CC[C@@H](OCC(F)(F)F)CC2)nc1N[C@@H]1CCC[C@H](O)C1. The quantitative estimate of drug-likeness (QED) is 0.311. The molecule has 1 heterocycles. The first kappa shape index (κ1) is 23.9. The Balaban J connectivity index is 1.64. The summed E-state index contributed by atoms with van der Waals surface area (Å²) in [6.45, 7) is -1.26. The molecule has 2 aliphatic carbocycles. The summed E-state index contributed by atoms with van der Waals surface area (Å²) in [5.74, 6) is -0.162. The van der Waals surface area contributed by atoms with Crippen LogP contribution in [0.5, 0.6) is 0 Å².